The number of H-pyrrole nitrogens is 2. The number of hydrogen-bond acceptors (Lipinski definition) is 8. The Kier molecular flexibility index (Phi) is 9.05. The second-order valence-corrected chi connectivity index (χ2v) is 13.3. The maximum Gasteiger partial charge on any atom is 0.407 e. The van der Waals surface area contributed by atoms with E-state index in [-0.39, 0.29) is 24.4 Å². The number of hydrogen-bond donors (Lipinski definition) is 4. The Morgan fingerprint density at radius 1 is 0.880 bits per heavy atom. The van der Waals surface area contributed by atoms with Gasteiger partial charge in [-0.3, -0.25) is 9.69 Å². The van der Waals surface area contributed by atoms with Crippen LogP contribution >= 0.6 is 0 Å². The van der Waals surface area contributed by atoms with Gasteiger partial charge in [0.2, 0.25) is 5.91 Å². The molecule has 7 rings (SSSR count). The molecule has 3 aliphatic rings. The number of carbonyl (C=O) groups excluding carboxylic acids is 2. The quantitative estimate of drug-likeness (QED) is 0.191. The lowest BCUT2D eigenvalue weighted by molar-refractivity contribution is -0.153. The lowest BCUT2D eigenvalue weighted by Crippen LogP contribution is -2.52. The average molecular weight is 684 g/mol. The zero-order chi connectivity index (χ0) is 35.0. The fourth-order valence-corrected chi connectivity index (χ4v) is 7.17. The Balaban J connectivity index is 1.06. The van der Waals surface area contributed by atoms with Gasteiger partial charge in [-0.25, -0.2) is 19.6 Å². The Hall–Kier alpha value is -5.21. The third-order valence-electron chi connectivity index (χ3n) is 9.83. The lowest BCUT2D eigenvalue weighted by atomic mass is 10.0. The Labute approximate surface area is 289 Å². The molecule has 1 spiro atoms. The number of carboxylic acid groups (broad SMARTS) is 1. The first kappa shape index (κ1) is 33.3. The van der Waals surface area contributed by atoms with E-state index in [2.05, 4.69) is 25.3 Å². The second-order valence-electron chi connectivity index (χ2n) is 13.3. The van der Waals surface area contributed by atoms with E-state index in [0.717, 1.165) is 46.5 Å². The molecule has 3 unspecified atom stereocenters. The number of likely N-dealkylation sites (tertiary alicyclic amines) is 2. The number of methoxy groups -OCH3 is 1. The summed E-state index contributed by atoms with van der Waals surface area (Å²) in [6.07, 6.45) is 3.91. The van der Waals surface area contributed by atoms with E-state index in [1.807, 2.05) is 62.4 Å². The van der Waals surface area contributed by atoms with Crippen LogP contribution in [0.5, 0.6) is 0 Å². The highest BCUT2D eigenvalue weighted by Crippen LogP contribution is 2.43. The molecule has 14 nitrogen and oxygen atoms in total. The van der Waals surface area contributed by atoms with E-state index in [4.69, 9.17) is 14.2 Å². The molecule has 4 aromatic rings. The van der Waals surface area contributed by atoms with Gasteiger partial charge in [0.05, 0.1) is 62.7 Å². The minimum Gasteiger partial charge on any atom is -0.465 e. The van der Waals surface area contributed by atoms with E-state index >= 15 is 0 Å². The van der Waals surface area contributed by atoms with Crippen molar-refractivity contribution in [2.24, 2.45) is 5.92 Å². The van der Waals surface area contributed by atoms with Crippen molar-refractivity contribution >= 4 is 18.1 Å². The molecule has 14 heteroatoms. The number of amides is 3. The van der Waals surface area contributed by atoms with Gasteiger partial charge in [0.25, 0.3) is 0 Å². The zero-order valence-corrected chi connectivity index (χ0v) is 28.2. The second kappa shape index (κ2) is 13.6. The molecule has 3 aliphatic heterocycles. The van der Waals surface area contributed by atoms with Gasteiger partial charge in [-0.15, -0.1) is 0 Å². The summed E-state index contributed by atoms with van der Waals surface area (Å²) in [5.41, 5.74) is 5.62. The molecule has 3 fully saturated rings. The fourth-order valence-electron chi connectivity index (χ4n) is 7.17. The van der Waals surface area contributed by atoms with Gasteiger partial charge in [-0.2, -0.15) is 0 Å². The first-order valence-corrected chi connectivity index (χ1v) is 16.9. The van der Waals surface area contributed by atoms with Gasteiger partial charge in [0.15, 0.2) is 5.79 Å². The molecule has 3 saturated heterocycles. The summed E-state index contributed by atoms with van der Waals surface area (Å²) >= 11 is 0. The first-order valence-electron chi connectivity index (χ1n) is 16.9. The number of rotatable bonds is 8. The summed E-state index contributed by atoms with van der Waals surface area (Å²) < 4.78 is 16.8. The zero-order valence-electron chi connectivity index (χ0n) is 28.2. The number of nitrogens with one attached hydrogen (secondary N) is 3. The molecule has 4 N–H and O–H groups in total. The predicted octanol–water partition coefficient (Wildman–Crippen LogP) is 5.35. The smallest absolute Gasteiger partial charge is 0.407 e. The average Bonchev–Trinajstić information content (AvgIpc) is 3.97. The molecule has 0 bridgehead atoms. The number of aromatic amines is 2. The minimum absolute atomic E-state index is 0.182. The number of imidazole rings is 2. The monoisotopic (exact) mass is 683 g/mol. The number of alkyl carbamates (subject to hydrolysis) is 1. The van der Waals surface area contributed by atoms with Gasteiger partial charge >= 0.3 is 12.2 Å². The van der Waals surface area contributed by atoms with Gasteiger partial charge in [-0.1, -0.05) is 62.4 Å². The number of aromatic nitrogens is 4. The molecule has 3 amide bonds. The highest BCUT2D eigenvalue weighted by molar-refractivity contribution is 5.86. The molecule has 2 aromatic heterocycles. The third kappa shape index (κ3) is 6.43. The Bertz CT molecular complexity index is 1850. The Morgan fingerprint density at radius 2 is 1.42 bits per heavy atom. The van der Waals surface area contributed by atoms with Gasteiger partial charge in [0, 0.05) is 13.0 Å². The first-order chi connectivity index (χ1) is 24.1. The lowest BCUT2D eigenvalue weighted by Gasteiger charge is -2.30. The normalized spacial score (nSPS) is 20.5. The van der Waals surface area contributed by atoms with E-state index in [0.29, 0.717) is 37.8 Å². The highest BCUT2D eigenvalue weighted by Gasteiger charge is 2.52. The molecule has 3 atom stereocenters. The molecule has 50 heavy (non-hydrogen) atoms. The van der Waals surface area contributed by atoms with Crippen molar-refractivity contribution in [2.75, 3.05) is 33.4 Å². The van der Waals surface area contributed by atoms with Crippen LogP contribution in [0.15, 0.2) is 60.9 Å². The van der Waals surface area contributed by atoms with Crippen LogP contribution in [0.3, 0.4) is 0 Å². The van der Waals surface area contributed by atoms with Crippen molar-refractivity contribution in [3.05, 3.63) is 72.6 Å². The van der Waals surface area contributed by atoms with Gasteiger partial charge in [0.1, 0.15) is 17.7 Å². The van der Waals surface area contributed by atoms with Crippen molar-refractivity contribution < 1.29 is 33.7 Å². The van der Waals surface area contributed by atoms with Crippen LogP contribution in [-0.2, 0) is 19.0 Å². The number of ether oxygens (including phenoxy) is 3. The topological polar surface area (TPSA) is 175 Å². The molecule has 0 radical (unpaired) electrons. The van der Waals surface area contributed by atoms with Crippen molar-refractivity contribution in [1.82, 2.24) is 35.1 Å². The molecule has 2 aromatic carbocycles. The molecule has 0 aliphatic carbocycles. The number of carbonyl (C=O) groups is 3. The van der Waals surface area contributed by atoms with Crippen LogP contribution in [0, 0.1) is 5.92 Å². The van der Waals surface area contributed by atoms with Crippen molar-refractivity contribution in [2.45, 2.75) is 57.0 Å². The van der Waals surface area contributed by atoms with E-state index in [1.54, 1.807) is 17.3 Å². The maximum atomic E-state index is 13.9. The largest absolute Gasteiger partial charge is 0.465 e. The number of benzene rings is 2. The maximum absolute atomic E-state index is 13.9. The standard InChI is InChI=1S/C36H41N7O7/c1-21(2)30(41-34(45)48-3)33(44)43-20-36(49-15-16-50-36)17-29(43)32-38-19-27(40-32)25-12-8-23(9-13-25)22-6-10-24(11-7-22)26-18-37-31(39-26)28-5-4-14-42(28)35(46)47/h6-13,18-19,21,28-30H,4-5,14-17,20H2,1-3H3,(H,37,39)(H,38,40)(H,41,45)(H,46,47). The van der Waals surface area contributed by atoms with E-state index in [9.17, 15) is 19.5 Å². The molecular formula is C36H41N7O7. The summed E-state index contributed by atoms with van der Waals surface area (Å²) in [4.78, 5) is 56.6. The van der Waals surface area contributed by atoms with Crippen LogP contribution < -0.4 is 5.32 Å². The summed E-state index contributed by atoms with van der Waals surface area (Å²) in [6, 6.07) is 14.8. The molecule has 262 valence electrons. The van der Waals surface area contributed by atoms with E-state index in [1.165, 1.54) is 12.0 Å². The molecule has 5 heterocycles. The van der Waals surface area contributed by atoms with Crippen LogP contribution in [-0.4, -0.2) is 98.2 Å². The number of nitrogens with zero attached hydrogens (tertiary/aromatic N) is 4. The highest BCUT2D eigenvalue weighted by atomic mass is 16.7. The Morgan fingerprint density at radius 3 is 1.94 bits per heavy atom. The summed E-state index contributed by atoms with van der Waals surface area (Å²) in [6.45, 7) is 5.37. The molecular weight excluding hydrogens is 642 g/mol. The van der Waals surface area contributed by atoms with Crippen molar-refractivity contribution in [1.29, 1.82) is 0 Å². The van der Waals surface area contributed by atoms with Crippen LogP contribution in [0.2, 0.25) is 0 Å². The third-order valence-corrected chi connectivity index (χ3v) is 9.83. The van der Waals surface area contributed by atoms with Crippen LogP contribution in [0.1, 0.15) is 56.8 Å². The molecule has 0 saturated carbocycles. The predicted molar refractivity (Wildman–Crippen MR) is 182 cm³/mol. The fraction of sp³-hybridized carbons (Fsp3) is 0.417. The van der Waals surface area contributed by atoms with Crippen molar-refractivity contribution in [3.63, 3.8) is 0 Å². The summed E-state index contributed by atoms with van der Waals surface area (Å²) in [5.74, 6) is -0.0859. The van der Waals surface area contributed by atoms with Crippen LogP contribution in [0.25, 0.3) is 33.6 Å². The van der Waals surface area contributed by atoms with Crippen molar-refractivity contribution in [3.8, 4) is 33.6 Å². The van der Waals surface area contributed by atoms with Gasteiger partial charge < -0.3 is 39.5 Å². The van der Waals surface area contributed by atoms with Crippen LogP contribution in [0.4, 0.5) is 9.59 Å². The SMILES string of the molecule is COC(=O)NC(C(=O)N1CC2(CC1c1ncc(-c3ccc(-c4ccc(-c5cnc(C6CCCN6C(=O)O)[nH]5)cc4)cc3)[nH]1)OCCO2)C(C)C. The minimum atomic E-state index is -0.922. The van der Waals surface area contributed by atoms with Gasteiger partial charge in [-0.05, 0) is 41.0 Å². The summed E-state index contributed by atoms with van der Waals surface area (Å²) in [5, 5.41) is 12.2. The summed E-state index contributed by atoms with van der Waals surface area (Å²) in [7, 11) is 1.27. The van der Waals surface area contributed by atoms with E-state index < -0.39 is 30.1 Å².